The van der Waals surface area contributed by atoms with E-state index in [2.05, 4.69) is 15.5 Å². The number of rotatable bonds is 9. The van der Waals surface area contributed by atoms with Gasteiger partial charge in [0.25, 0.3) is 0 Å². The van der Waals surface area contributed by atoms with Gasteiger partial charge in [-0.25, -0.2) is 0 Å². The number of anilines is 1. The van der Waals surface area contributed by atoms with Crippen LogP contribution in [0.1, 0.15) is 31.4 Å². The van der Waals surface area contributed by atoms with Crippen LogP contribution in [-0.2, 0) is 23.9 Å². The highest BCUT2D eigenvalue weighted by molar-refractivity contribution is 6.02. The second kappa shape index (κ2) is 11.2. The van der Waals surface area contributed by atoms with Crippen molar-refractivity contribution >= 4 is 23.4 Å². The highest BCUT2D eigenvalue weighted by Crippen LogP contribution is 2.64. The number of aliphatic hydroxyl groups excluding tert-OH is 1. The van der Waals surface area contributed by atoms with Gasteiger partial charge in [-0.05, 0) is 37.5 Å². The Kier molecular flexibility index (Phi) is 7.58. The van der Waals surface area contributed by atoms with E-state index in [1.165, 1.54) is 4.90 Å². The molecule has 2 bridgehead atoms. The molecule has 0 aliphatic carbocycles. The molecule has 2 aromatic rings. The van der Waals surface area contributed by atoms with Crippen LogP contribution in [0.25, 0.3) is 0 Å². The summed E-state index contributed by atoms with van der Waals surface area (Å²) in [5.74, 6) is -2.59. The summed E-state index contributed by atoms with van der Waals surface area (Å²) in [6.45, 7) is 5.51. The summed E-state index contributed by atoms with van der Waals surface area (Å²) in [5, 5.41) is 16.6. The van der Waals surface area contributed by atoms with E-state index >= 15 is 0 Å². The first-order valence-electron chi connectivity index (χ1n) is 14.5. The summed E-state index contributed by atoms with van der Waals surface area (Å²) in [4.78, 5) is 46.1. The third-order valence-electron chi connectivity index (χ3n) is 9.31. The molecule has 4 saturated heterocycles. The van der Waals surface area contributed by atoms with Crippen molar-refractivity contribution in [2.75, 3.05) is 51.3 Å². The molecule has 3 N–H and O–H groups in total. The number of amides is 3. The molecule has 1 spiro atoms. The molecule has 4 aliphatic heterocycles. The maximum absolute atomic E-state index is 14.4. The van der Waals surface area contributed by atoms with Crippen molar-refractivity contribution in [1.29, 1.82) is 0 Å². The van der Waals surface area contributed by atoms with Gasteiger partial charge in [0.1, 0.15) is 11.6 Å². The van der Waals surface area contributed by atoms with Gasteiger partial charge in [-0.3, -0.25) is 19.3 Å². The smallest absolute Gasteiger partial charge is 0.245 e. The molecule has 4 aliphatic rings. The van der Waals surface area contributed by atoms with E-state index in [-0.39, 0.29) is 24.3 Å². The number of hydrogen-bond donors (Lipinski definition) is 3. The minimum Gasteiger partial charge on any atom is -0.394 e. The second-order valence-electron chi connectivity index (χ2n) is 11.7. The van der Waals surface area contributed by atoms with E-state index in [1.54, 1.807) is 12.1 Å². The first-order chi connectivity index (χ1) is 19.9. The van der Waals surface area contributed by atoms with E-state index in [0.29, 0.717) is 44.8 Å². The Labute approximate surface area is 240 Å². The van der Waals surface area contributed by atoms with Gasteiger partial charge in [-0.15, -0.1) is 0 Å². The summed E-state index contributed by atoms with van der Waals surface area (Å²) in [6.07, 6.45) is 1.02. The van der Waals surface area contributed by atoms with Crippen LogP contribution in [0.15, 0.2) is 60.7 Å². The Morgan fingerprint density at radius 2 is 1.71 bits per heavy atom. The monoisotopic (exact) mass is 562 g/mol. The lowest BCUT2D eigenvalue weighted by molar-refractivity contribution is -0.149. The Morgan fingerprint density at radius 3 is 2.39 bits per heavy atom. The molecule has 218 valence electrons. The summed E-state index contributed by atoms with van der Waals surface area (Å²) in [7, 11) is 0. The van der Waals surface area contributed by atoms with Gasteiger partial charge in [0, 0.05) is 31.9 Å². The summed E-state index contributed by atoms with van der Waals surface area (Å²) in [6, 6.07) is 16.6. The number of benzene rings is 2. The van der Waals surface area contributed by atoms with Crippen LogP contribution in [-0.4, -0.2) is 95.9 Å². The van der Waals surface area contributed by atoms with Gasteiger partial charge < -0.3 is 30.1 Å². The van der Waals surface area contributed by atoms with Crippen molar-refractivity contribution in [1.82, 2.24) is 15.1 Å². The van der Waals surface area contributed by atoms with Crippen molar-refractivity contribution in [2.24, 2.45) is 11.8 Å². The van der Waals surface area contributed by atoms with Crippen LogP contribution in [0, 0.1) is 11.8 Å². The number of hydrogen-bond acceptors (Lipinski definition) is 7. The minimum atomic E-state index is -1.17. The molecule has 4 heterocycles. The van der Waals surface area contributed by atoms with Crippen molar-refractivity contribution in [3.05, 3.63) is 66.2 Å². The molecule has 10 nitrogen and oxygen atoms in total. The zero-order valence-electron chi connectivity index (χ0n) is 23.3. The lowest BCUT2D eigenvalue weighted by Crippen LogP contribution is -2.57. The molecule has 41 heavy (non-hydrogen) atoms. The van der Waals surface area contributed by atoms with Gasteiger partial charge in [0.15, 0.2) is 0 Å². The first kappa shape index (κ1) is 27.8. The number of nitrogens with one attached hydrogen (secondary N) is 2. The Hall–Kier alpha value is -3.31. The van der Waals surface area contributed by atoms with E-state index < -0.39 is 35.1 Å². The first-order valence-corrected chi connectivity index (χ1v) is 14.5. The molecule has 6 rings (SSSR count). The van der Waals surface area contributed by atoms with Gasteiger partial charge >= 0.3 is 0 Å². The fourth-order valence-corrected chi connectivity index (χ4v) is 7.43. The van der Waals surface area contributed by atoms with Crippen LogP contribution < -0.4 is 10.6 Å². The Balaban J connectivity index is 1.33. The molecular weight excluding hydrogens is 524 g/mol. The molecule has 10 heteroatoms. The van der Waals surface area contributed by atoms with Crippen LogP contribution in [0.3, 0.4) is 0 Å². The molecule has 6 atom stereocenters. The topological polar surface area (TPSA) is 120 Å². The second-order valence-corrected chi connectivity index (χ2v) is 11.7. The molecule has 0 aromatic heterocycles. The van der Waals surface area contributed by atoms with Crippen LogP contribution in [0.5, 0.6) is 0 Å². The van der Waals surface area contributed by atoms with E-state index in [1.807, 2.05) is 55.5 Å². The standard InChI is InChI=1S/C31H38N4O6/c1-30-12-13-31(41-30)25(24(30)27(37)33-22-10-6-3-7-11-22)29(39)35(23(20-36)21-8-4-2-5-9-21)26(31)28(38)32-14-15-34-16-18-40-19-17-34/h2-11,23-26,36H,12-20H2,1H3,(H,32,38)(H,33,37)/t23-,24+,25+,26?,30-,31?/m1/s1. The Morgan fingerprint density at radius 1 is 1.02 bits per heavy atom. The lowest BCUT2D eigenvalue weighted by Gasteiger charge is -2.37. The lowest BCUT2D eigenvalue weighted by atomic mass is 9.66. The third-order valence-corrected chi connectivity index (χ3v) is 9.31. The number of para-hydroxylation sites is 1. The number of fused-ring (bicyclic) bond motifs is 1. The number of morpholine rings is 1. The van der Waals surface area contributed by atoms with E-state index in [9.17, 15) is 19.5 Å². The largest absolute Gasteiger partial charge is 0.394 e. The third kappa shape index (κ3) is 4.82. The average Bonchev–Trinajstić information content (AvgIpc) is 3.56. The zero-order valence-corrected chi connectivity index (χ0v) is 23.3. The molecule has 2 unspecified atom stereocenters. The number of likely N-dealkylation sites (tertiary alicyclic amines) is 1. The van der Waals surface area contributed by atoms with Crippen LogP contribution in [0.2, 0.25) is 0 Å². The van der Waals surface area contributed by atoms with Crippen molar-refractivity contribution in [2.45, 2.75) is 43.1 Å². The molecular formula is C31H38N4O6. The molecule has 0 saturated carbocycles. The van der Waals surface area contributed by atoms with Gasteiger partial charge in [0.05, 0.1) is 43.3 Å². The number of aliphatic hydroxyl groups is 1. The average molecular weight is 563 g/mol. The summed E-state index contributed by atoms with van der Waals surface area (Å²) >= 11 is 0. The van der Waals surface area contributed by atoms with E-state index in [4.69, 9.17) is 9.47 Å². The molecule has 3 amide bonds. The highest BCUT2D eigenvalue weighted by Gasteiger charge is 2.78. The highest BCUT2D eigenvalue weighted by atomic mass is 16.5. The van der Waals surface area contributed by atoms with Crippen LogP contribution >= 0.6 is 0 Å². The maximum atomic E-state index is 14.4. The van der Waals surface area contributed by atoms with Crippen molar-refractivity contribution in [3.8, 4) is 0 Å². The predicted molar refractivity (Wildman–Crippen MR) is 151 cm³/mol. The van der Waals surface area contributed by atoms with Crippen molar-refractivity contribution in [3.63, 3.8) is 0 Å². The predicted octanol–water partition coefficient (Wildman–Crippen LogP) is 1.57. The Bertz CT molecular complexity index is 1270. The number of carbonyl (C=O) groups excluding carboxylic acids is 3. The zero-order chi connectivity index (χ0) is 28.6. The molecule has 4 fully saturated rings. The summed E-state index contributed by atoms with van der Waals surface area (Å²) < 4.78 is 12.1. The van der Waals surface area contributed by atoms with Gasteiger partial charge in [-0.1, -0.05) is 48.5 Å². The van der Waals surface area contributed by atoms with E-state index in [0.717, 1.165) is 18.7 Å². The van der Waals surface area contributed by atoms with Gasteiger partial charge in [-0.2, -0.15) is 0 Å². The fourth-order valence-electron chi connectivity index (χ4n) is 7.43. The number of carbonyl (C=O) groups is 3. The minimum absolute atomic E-state index is 0.299. The van der Waals surface area contributed by atoms with Gasteiger partial charge in [0.2, 0.25) is 17.7 Å². The maximum Gasteiger partial charge on any atom is 0.245 e. The summed E-state index contributed by atoms with van der Waals surface area (Å²) in [5.41, 5.74) is -0.707. The SMILES string of the molecule is C[C@]12CCC3(O1)C(C(=O)NCCN1CCOCC1)N([C@H](CO)c1ccccc1)C(=O)[C@@H]3[C@H]2C(=O)Nc1ccccc1. The van der Waals surface area contributed by atoms with Crippen molar-refractivity contribution < 1.29 is 29.0 Å². The normalized spacial score (nSPS) is 31.6. The number of ether oxygens (including phenoxy) is 2. The van der Waals surface area contributed by atoms with Crippen LogP contribution in [0.4, 0.5) is 5.69 Å². The fraction of sp³-hybridized carbons (Fsp3) is 0.516. The quantitative estimate of drug-likeness (QED) is 0.424. The molecule has 0 radical (unpaired) electrons. The number of nitrogens with zero attached hydrogens (tertiary/aromatic N) is 2. The molecule has 2 aromatic carbocycles.